The molecule has 7 heteroatoms. The lowest BCUT2D eigenvalue weighted by atomic mass is 10.1. The summed E-state index contributed by atoms with van der Waals surface area (Å²) in [5.74, 6) is 0.863. The summed E-state index contributed by atoms with van der Waals surface area (Å²) in [6.45, 7) is 0.623. The van der Waals surface area contributed by atoms with Crippen molar-refractivity contribution in [1.82, 2.24) is 19.7 Å². The maximum atomic E-state index is 13.4. The lowest BCUT2D eigenvalue weighted by Gasteiger charge is -2.22. The van der Waals surface area contributed by atoms with Crippen LogP contribution < -0.4 is 4.74 Å². The lowest BCUT2D eigenvalue weighted by Crippen LogP contribution is -2.30. The van der Waals surface area contributed by atoms with Crippen molar-refractivity contribution in [3.8, 4) is 17.1 Å². The van der Waals surface area contributed by atoms with E-state index in [4.69, 9.17) is 4.74 Å². The van der Waals surface area contributed by atoms with E-state index in [1.54, 1.807) is 30.4 Å². The van der Waals surface area contributed by atoms with Gasteiger partial charge in [0.05, 0.1) is 5.57 Å². The molecular weight excluding hydrogens is 359 g/mol. The summed E-state index contributed by atoms with van der Waals surface area (Å²) in [7, 11) is 3.63. The van der Waals surface area contributed by atoms with Gasteiger partial charge in [-0.05, 0) is 29.8 Å². The number of benzene rings is 2. The fourth-order valence-electron chi connectivity index (χ4n) is 3.17. The molecule has 0 spiro atoms. The zero-order valence-electron chi connectivity index (χ0n) is 15.6. The summed E-state index contributed by atoms with van der Waals surface area (Å²) in [6, 6.07) is 12.1. The Bertz CT molecular complexity index is 1060. The Hall–Kier alpha value is -3.48. The van der Waals surface area contributed by atoms with E-state index in [9.17, 15) is 9.18 Å². The number of rotatable bonds is 4. The van der Waals surface area contributed by atoms with Crippen molar-refractivity contribution < 1.29 is 13.9 Å². The third-order valence-electron chi connectivity index (χ3n) is 4.65. The highest BCUT2D eigenvalue weighted by molar-refractivity contribution is 5.99. The van der Waals surface area contributed by atoms with Crippen LogP contribution in [0.4, 0.5) is 4.39 Å². The SMILES string of the molecule is CN(Cc1ccc(-c2nncn2C)cc1)C(=O)C1=Cc2cc(F)ccc2OC1. The second-order valence-electron chi connectivity index (χ2n) is 6.76. The Labute approximate surface area is 161 Å². The van der Waals surface area contributed by atoms with Crippen LogP contribution in [-0.4, -0.2) is 39.2 Å². The number of fused-ring (bicyclic) bond motifs is 1. The number of likely N-dealkylation sites (N-methyl/N-ethyl adjacent to an activating group) is 1. The van der Waals surface area contributed by atoms with Gasteiger partial charge in [0.25, 0.3) is 5.91 Å². The number of hydrogen-bond donors (Lipinski definition) is 0. The molecule has 1 aliphatic rings. The first-order chi connectivity index (χ1) is 13.5. The molecule has 0 unspecified atom stereocenters. The van der Waals surface area contributed by atoms with Crippen molar-refractivity contribution in [2.24, 2.45) is 7.05 Å². The molecule has 0 radical (unpaired) electrons. The molecule has 28 heavy (non-hydrogen) atoms. The van der Waals surface area contributed by atoms with Crippen molar-refractivity contribution in [2.45, 2.75) is 6.54 Å². The molecule has 4 rings (SSSR count). The normalized spacial score (nSPS) is 12.8. The highest BCUT2D eigenvalue weighted by atomic mass is 19.1. The van der Waals surface area contributed by atoms with E-state index in [1.807, 2.05) is 35.9 Å². The molecule has 1 aromatic heterocycles. The second kappa shape index (κ2) is 7.26. The van der Waals surface area contributed by atoms with Gasteiger partial charge in [-0.15, -0.1) is 10.2 Å². The van der Waals surface area contributed by atoms with Crippen molar-refractivity contribution in [2.75, 3.05) is 13.7 Å². The summed E-state index contributed by atoms with van der Waals surface area (Å²) < 4.78 is 20.9. The molecule has 0 atom stereocenters. The molecule has 6 nitrogen and oxygen atoms in total. The van der Waals surface area contributed by atoms with Crippen LogP contribution in [0.3, 0.4) is 0 Å². The Morgan fingerprint density at radius 3 is 2.75 bits per heavy atom. The van der Waals surface area contributed by atoms with Gasteiger partial charge in [-0.3, -0.25) is 4.79 Å². The van der Waals surface area contributed by atoms with Crippen LogP contribution in [0.1, 0.15) is 11.1 Å². The number of aryl methyl sites for hydroxylation is 1. The molecule has 1 aliphatic heterocycles. The minimum Gasteiger partial charge on any atom is -0.488 e. The van der Waals surface area contributed by atoms with Gasteiger partial charge in [-0.1, -0.05) is 24.3 Å². The molecule has 0 N–H and O–H groups in total. The van der Waals surface area contributed by atoms with Crippen molar-refractivity contribution in [3.63, 3.8) is 0 Å². The van der Waals surface area contributed by atoms with Crippen LogP contribution in [-0.2, 0) is 18.4 Å². The summed E-state index contributed by atoms with van der Waals surface area (Å²) in [5, 5.41) is 7.97. The van der Waals surface area contributed by atoms with Crippen LogP contribution in [0, 0.1) is 5.82 Å². The number of amides is 1. The van der Waals surface area contributed by atoms with Gasteiger partial charge in [0.1, 0.15) is 24.5 Å². The third kappa shape index (κ3) is 3.51. The van der Waals surface area contributed by atoms with Crippen molar-refractivity contribution in [3.05, 3.63) is 71.3 Å². The van der Waals surface area contributed by atoms with Gasteiger partial charge in [0, 0.05) is 31.8 Å². The lowest BCUT2D eigenvalue weighted by molar-refractivity contribution is -0.126. The van der Waals surface area contributed by atoms with Gasteiger partial charge in [0.2, 0.25) is 0 Å². The number of halogens is 1. The first-order valence-corrected chi connectivity index (χ1v) is 8.83. The monoisotopic (exact) mass is 378 g/mol. The minimum atomic E-state index is -0.358. The fraction of sp³-hybridized carbons (Fsp3) is 0.190. The van der Waals surface area contributed by atoms with E-state index in [0.717, 1.165) is 17.0 Å². The average molecular weight is 378 g/mol. The molecule has 0 saturated heterocycles. The molecular formula is C21H19FN4O2. The maximum Gasteiger partial charge on any atom is 0.253 e. The number of hydrogen-bond acceptors (Lipinski definition) is 4. The average Bonchev–Trinajstić information content (AvgIpc) is 3.13. The molecule has 2 aromatic carbocycles. The van der Waals surface area contributed by atoms with E-state index in [-0.39, 0.29) is 18.3 Å². The standard InChI is InChI=1S/C21H19FN4O2/c1-25(11-14-3-5-15(6-4-14)20-24-23-13-26(20)2)21(27)17-9-16-10-18(22)7-8-19(16)28-12-17/h3-10,13H,11-12H2,1-2H3. The number of carbonyl (C=O) groups is 1. The summed E-state index contributed by atoms with van der Waals surface area (Å²) >= 11 is 0. The van der Waals surface area contributed by atoms with Gasteiger partial charge in [-0.25, -0.2) is 4.39 Å². The van der Waals surface area contributed by atoms with E-state index in [2.05, 4.69) is 10.2 Å². The predicted molar refractivity (Wildman–Crippen MR) is 103 cm³/mol. The summed E-state index contributed by atoms with van der Waals surface area (Å²) in [6.07, 6.45) is 3.34. The Kier molecular flexibility index (Phi) is 4.65. The van der Waals surface area contributed by atoms with Gasteiger partial charge < -0.3 is 14.2 Å². The first kappa shape index (κ1) is 17.9. The third-order valence-corrected chi connectivity index (χ3v) is 4.65. The number of nitrogens with zero attached hydrogens (tertiary/aromatic N) is 4. The molecule has 0 saturated carbocycles. The van der Waals surface area contributed by atoms with Crippen LogP contribution in [0.15, 0.2) is 54.4 Å². The first-order valence-electron chi connectivity index (χ1n) is 8.83. The van der Waals surface area contributed by atoms with Gasteiger partial charge in [-0.2, -0.15) is 0 Å². The molecule has 0 bridgehead atoms. The Morgan fingerprint density at radius 1 is 1.25 bits per heavy atom. The predicted octanol–water partition coefficient (Wildman–Crippen LogP) is 3.06. The smallest absolute Gasteiger partial charge is 0.253 e. The molecule has 3 aromatic rings. The highest BCUT2D eigenvalue weighted by Crippen LogP contribution is 2.27. The van der Waals surface area contributed by atoms with E-state index in [0.29, 0.717) is 23.4 Å². The molecule has 1 amide bonds. The topological polar surface area (TPSA) is 60.2 Å². The highest BCUT2D eigenvalue weighted by Gasteiger charge is 2.20. The zero-order chi connectivity index (χ0) is 19.7. The number of aromatic nitrogens is 3. The molecule has 0 aliphatic carbocycles. The molecule has 142 valence electrons. The largest absolute Gasteiger partial charge is 0.488 e. The van der Waals surface area contributed by atoms with Crippen molar-refractivity contribution in [1.29, 1.82) is 0 Å². The van der Waals surface area contributed by atoms with Crippen LogP contribution in [0.25, 0.3) is 17.5 Å². The van der Waals surface area contributed by atoms with Crippen molar-refractivity contribution >= 4 is 12.0 Å². The molecule has 0 fully saturated rings. The Balaban J connectivity index is 1.47. The number of ether oxygens (including phenoxy) is 1. The van der Waals surface area contributed by atoms with E-state index < -0.39 is 0 Å². The summed E-state index contributed by atoms with van der Waals surface area (Å²) in [5.41, 5.74) is 3.03. The molecule has 2 heterocycles. The number of carbonyl (C=O) groups excluding carboxylic acids is 1. The maximum absolute atomic E-state index is 13.4. The second-order valence-corrected chi connectivity index (χ2v) is 6.76. The summed E-state index contributed by atoms with van der Waals surface area (Å²) in [4.78, 5) is 14.4. The van der Waals surface area contributed by atoms with E-state index in [1.165, 1.54) is 12.1 Å². The van der Waals surface area contributed by atoms with Gasteiger partial charge >= 0.3 is 0 Å². The van der Waals surface area contributed by atoms with Gasteiger partial charge in [0.15, 0.2) is 5.82 Å². The van der Waals surface area contributed by atoms with Crippen LogP contribution in [0.2, 0.25) is 0 Å². The zero-order valence-corrected chi connectivity index (χ0v) is 15.6. The minimum absolute atomic E-state index is 0.146. The quantitative estimate of drug-likeness (QED) is 0.700. The fourth-order valence-corrected chi connectivity index (χ4v) is 3.17. The van der Waals surface area contributed by atoms with E-state index >= 15 is 0 Å². The van der Waals surface area contributed by atoms with Crippen LogP contribution in [0.5, 0.6) is 5.75 Å². The van der Waals surface area contributed by atoms with Crippen LogP contribution >= 0.6 is 0 Å². The Morgan fingerprint density at radius 2 is 2.04 bits per heavy atom.